The molecule has 1 fully saturated rings. The van der Waals surface area contributed by atoms with E-state index in [4.69, 9.17) is 32.7 Å². The molecule has 0 bridgehead atoms. The predicted molar refractivity (Wildman–Crippen MR) is 184 cm³/mol. The van der Waals surface area contributed by atoms with E-state index in [9.17, 15) is 4.79 Å². The molecule has 1 aliphatic heterocycles. The van der Waals surface area contributed by atoms with Crippen molar-refractivity contribution in [1.82, 2.24) is 14.8 Å². The number of aldehydes is 1. The van der Waals surface area contributed by atoms with Gasteiger partial charge in [-0.3, -0.25) is 14.6 Å². The van der Waals surface area contributed by atoms with Gasteiger partial charge in [-0.05, 0) is 66.5 Å². The molecule has 0 spiro atoms. The van der Waals surface area contributed by atoms with Crippen molar-refractivity contribution in [2.24, 2.45) is 0 Å². The molecule has 44 heavy (non-hydrogen) atoms. The molecule has 0 saturated carbocycles. The van der Waals surface area contributed by atoms with E-state index >= 15 is 0 Å². The van der Waals surface area contributed by atoms with Crippen molar-refractivity contribution in [3.63, 3.8) is 0 Å². The van der Waals surface area contributed by atoms with Gasteiger partial charge in [0, 0.05) is 55.9 Å². The Labute approximate surface area is 280 Å². The lowest BCUT2D eigenvalue weighted by Gasteiger charge is -2.35. The SMILES string of the molecule is Br.Cc1ccc(CN2CCN(C/C(=C/C=O)c3cc(C)c(Oc4ccc(OCc5ccccc5Cl)cn4)c(Cl)c3)CC2)cc1. The highest BCUT2D eigenvalue weighted by Gasteiger charge is 2.20. The average Bonchev–Trinajstić information content (AvgIpc) is 3.01. The molecular formula is C35H36BrCl2N3O3. The summed E-state index contributed by atoms with van der Waals surface area (Å²) in [5, 5.41) is 1.11. The smallest absolute Gasteiger partial charge is 0.219 e. The molecule has 5 rings (SSSR count). The summed E-state index contributed by atoms with van der Waals surface area (Å²) in [5.41, 5.74) is 6.19. The molecule has 0 N–H and O–H groups in total. The molecule has 1 aliphatic rings. The Morgan fingerprint density at radius 1 is 0.909 bits per heavy atom. The lowest BCUT2D eigenvalue weighted by molar-refractivity contribution is -0.104. The van der Waals surface area contributed by atoms with Gasteiger partial charge in [-0.25, -0.2) is 4.98 Å². The van der Waals surface area contributed by atoms with E-state index in [0.29, 0.717) is 40.6 Å². The van der Waals surface area contributed by atoms with Gasteiger partial charge < -0.3 is 9.47 Å². The third-order valence-corrected chi connectivity index (χ3v) is 8.17. The van der Waals surface area contributed by atoms with Gasteiger partial charge in [0.25, 0.3) is 0 Å². The lowest BCUT2D eigenvalue weighted by Crippen LogP contribution is -2.46. The van der Waals surface area contributed by atoms with E-state index in [1.807, 2.05) is 43.3 Å². The van der Waals surface area contributed by atoms with Crippen molar-refractivity contribution in [2.45, 2.75) is 27.0 Å². The second kappa shape index (κ2) is 16.2. The predicted octanol–water partition coefficient (Wildman–Crippen LogP) is 8.35. The first kappa shape index (κ1) is 33.7. The number of rotatable bonds is 11. The first-order valence-corrected chi connectivity index (χ1v) is 15.1. The number of hydrogen-bond acceptors (Lipinski definition) is 6. The van der Waals surface area contributed by atoms with Crippen LogP contribution in [0.4, 0.5) is 0 Å². The Morgan fingerprint density at radius 2 is 1.64 bits per heavy atom. The van der Waals surface area contributed by atoms with Gasteiger partial charge in [-0.1, -0.05) is 71.2 Å². The number of piperazine rings is 1. The van der Waals surface area contributed by atoms with Crippen LogP contribution < -0.4 is 9.47 Å². The summed E-state index contributed by atoms with van der Waals surface area (Å²) >= 11 is 12.9. The fourth-order valence-corrected chi connectivity index (χ4v) is 5.56. The maximum absolute atomic E-state index is 11.6. The largest absolute Gasteiger partial charge is 0.487 e. The zero-order valence-electron chi connectivity index (χ0n) is 24.8. The minimum Gasteiger partial charge on any atom is -0.487 e. The summed E-state index contributed by atoms with van der Waals surface area (Å²) in [7, 11) is 0. The standard InChI is InChI=1S/C35H35Cl2N3O3.BrH/c1-25-7-9-27(10-8-25)22-39-14-16-40(17-15-39)23-28(13-18-41)30-19-26(2)35(33(37)20-30)43-34-12-11-31(21-38-34)42-24-29-5-3-4-6-32(29)36;/h3-13,18-21H,14-17,22-24H2,1-2H3;1H/b28-13-;. The molecule has 0 amide bonds. The molecule has 6 nitrogen and oxygen atoms in total. The lowest BCUT2D eigenvalue weighted by atomic mass is 10.0. The van der Waals surface area contributed by atoms with E-state index in [2.05, 4.69) is 46.0 Å². The highest BCUT2D eigenvalue weighted by molar-refractivity contribution is 8.93. The van der Waals surface area contributed by atoms with E-state index in [-0.39, 0.29) is 17.0 Å². The number of pyridine rings is 1. The van der Waals surface area contributed by atoms with Crippen molar-refractivity contribution in [3.8, 4) is 17.4 Å². The van der Waals surface area contributed by atoms with Crippen molar-refractivity contribution >= 4 is 52.0 Å². The highest BCUT2D eigenvalue weighted by Crippen LogP contribution is 2.35. The molecular weight excluding hydrogens is 661 g/mol. The second-order valence-corrected chi connectivity index (χ2v) is 11.6. The summed E-state index contributed by atoms with van der Waals surface area (Å²) < 4.78 is 11.9. The van der Waals surface area contributed by atoms with Crippen LogP contribution in [0, 0.1) is 13.8 Å². The Bertz CT molecular complexity index is 1550. The maximum Gasteiger partial charge on any atom is 0.219 e. The number of nitrogens with zero attached hydrogens (tertiary/aromatic N) is 3. The first-order valence-electron chi connectivity index (χ1n) is 14.3. The number of benzene rings is 3. The molecule has 0 unspecified atom stereocenters. The van der Waals surface area contributed by atoms with Gasteiger partial charge in [0.15, 0.2) is 5.75 Å². The Balaban J connectivity index is 0.00000442. The van der Waals surface area contributed by atoms with E-state index < -0.39 is 0 Å². The molecule has 2 heterocycles. The molecule has 0 radical (unpaired) electrons. The van der Waals surface area contributed by atoms with E-state index in [1.54, 1.807) is 24.4 Å². The minimum atomic E-state index is 0. The number of halogens is 3. The number of aromatic nitrogens is 1. The zero-order valence-corrected chi connectivity index (χ0v) is 28.1. The number of carbonyl (C=O) groups excluding carboxylic acids is 1. The number of hydrogen-bond donors (Lipinski definition) is 0. The Morgan fingerprint density at radius 3 is 2.30 bits per heavy atom. The molecule has 1 aromatic heterocycles. The topological polar surface area (TPSA) is 54.9 Å². The van der Waals surface area contributed by atoms with Crippen LogP contribution in [0.25, 0.3) is 5.57 Å². The third kappa shape index (κ3) is 9.16. The van der Waals surface area contributed by atoms with Crippen LogP contribution in [0.15, 0.2) is 85.1 Å². The van der Waals surface area contributed by atoms with Crippen LogP contribution in [-0.4, -0.2) is 53.8 Å². The molecule has 0 atom stereocenters. The Hall–Kier alpha value is -3.20. The number of carbonyl (C=O) groups is 1. The van der Waals surface area contributed by atoms with Crippen LogP contribution in [0.2, 0.25) is 10.0 Å². The molecule has 1 saturated heterocycles. The molecule has 3 aromatic carbocycles. The van der Waals surface area contributed by atoms with Crippen LogP contribution in [0.1, 0.15) is 27.8 Å². The van der Waals surface area contributed by atoms with Gasteiger partial charge in [-0.2, -0.15) is 0 Å². The minimum absolute atomic E-state index is 0. The van der Waals surface area contributed by atoms with Crippen LogP contribution in [0.3, 0.4) is 0 Å². The molecule has 0 aliphatic carbocycles. The maximum atomic E-state index is 11.6. The van der Waals surface area contributed by atoms with Gasteiger partial charge in [0.1, 0.15) is 18.6 Å². The van der Waals surface area contributed by atoms with Gasteiger partial charge in [0.05, 0.1) is 11.2 Å². The van der Waals surface area contributed by atoms with Gasteiger partial charge >= 0.3 is 0 Å². The van der Waals surface area contributed by atoms with E-state index in [1.165, 1.54) is 11.1 Å². The summed E-state index contributed by atoms with van der Waals surface area (Å²) in [5.74, 6) is 1.53. The summed E-state index contributed by atoms with van der Waals surface area (Å²) in [6, 6.07) is 23.7. The summed E-state index contributed by atoms with van der Waals surface area (Å²) in [6.45, 7) is 9.83. The second-order valence-electron chi connectivity index (χ2n) is 10.8. The molecule has 230 valence electrons. The monoisotopic (exact) mass is 695 g/mol. The fraction of sp³-hybridized carbons (Fsp3) is 0.257. The quantitative estimate of drug-likeness (QED) is 0.116. The Kier molecular flexibility index (Phi) is 12.4. The summed E-state index contributed by atoms with van der Waals surface area (Å²) in [4.78, 5) is 20.8. The van der Waals surface area contributed by atoms with Crippen molar-refractivity contribution in [1.29, 1.82) is 0 Å². The van der Waals surface area contributed by atoms with Crippen LogP contribution in [0.5, 0.6) is 17.4 Å². The van der Waals surface area contributed by atoms with Crippen molar-refractivity contribution in [2.75, 3.05) is 32.7 Å². The van der Waals surface area contributed by atoms with Crippen molar-refractivity contribution in [3.05, 3.63) is 123 Å². The number of ether oxygens (including phenoxy) is 2. The zero-order chi connectivity index (χ0) is 30.2. The number of aryl methyl sites for hydroxylation is 2. The van der Waals surface area contributed by atoms with Gasteiger partial charge in [-0.15, -0.1) is 17.0 Å². The van der Waals surface area contributed by atoms with Crippen LogP contribution >= 0.6 is 40.2 Å². The number of allylic oxidation sites excluding steroid dienone is 1. The summed E-state index contributed by atoms with van der Waals surface area (Å²) in [6.07, 6.45) is 4.08. The molecule has 4 aromatic rings. The highest BCUT2D eigenvalue weighted by atomic mass is 79.9. The fourth-order valence-electron chi connectivity index (χ4n) is 5.06. The third-order valence-electron chi connectivity index (χ3n) is 7.52. The molecule has 9 heteroatoms. The van der Waals surface area contributed by atoms with E-state index in [0.717, 1.165) is 61.3 Å². The average molecular weight is 698 g/mol. The van der Waals surface area contributed by atoms with Crippen molar-refractivity contribution < 1.29 is 14.3 Å². The normalized spacial score (nSPS) is 14.1. The van der Waals surface area contributed by atoms with Crippen LogP contribution in [-0.2, 0) is 17.9 Å². The van der Waals surface area contributed by atoms with Gasteiger partial charge in [0.2, 0.25) is 5.88 Å². The first-order chi connectivity index (χ1) is 20.9.